The Morgan fingerprint density at radius 1 is 1.08 bits per heavy atom. The van der Waals surface area contributed by atoms with E-state index in [0.717, 1.165) is 16.9 Å². The minimum absolute atomic E-state index is 0.0838. The first kappa shape index (κ1) is 18.4. The summed E-state index contributed by atoms with van der Waals surface area (Å²) in [6.07, 6.45) is 3.13. The molecule has 2 aromatic carbocycles. The first-order valence-electron chi connectivity index (χ1n) is 7.79. The van der Waals surface area contributed by atoms with Crippen LogP contribution in [0.1, 0.15) is 18.1 Å². The number of nitrogens with one attached hydrogen (secondary N) is 1. The predicted molar refractivity (Wildman–Crippen MR) is 91.6 cm³/mol. The summed E-state index contributed by atoms with van der Waals surface area (Å²) in [5.41, 5.74) is 1.66. The highest BCUT2D eigenvalue weighted by molar-refractivity contribution is 5.91. The third-order valence-electron chi connectivity index (χ3n) is 3.23. The number of alkyl halides is 2. The van der Waals surface area contributed by atoms with Gasteiger partial charge in [-0.2, -0.15) is 8.78 Å². The fraction of sp³-hybridized carbons (Fsp3) is 0.211. The molecule has 0 spiro atoms. The van der Waals surface area contributed by atoms with Gasteiger partial charge in [-0.1, -0.05) is 24.3 Å². The number of carbonyl (C=O) groups excluding carboxylic acids is 1. The summed E-state index contributed by atoms with van der Waals surface area (Å²) in [7, 11) is 0. The van der Waals surface area contributed by atoms with Crippen molar-refractivity contribution in [3.63, 3.8) is 0 Å². The number of ether oxygens (including phenoxy) is 2. The smallest absolute Gasteiger partial charge is 0.387 e. The van der Waals surface area contributed by atoms with Gasteiger partial charge >= 0.3 is 6.61 Å². The fourth-order valence-electron chi connectivity index (χ4n) is 2.05. The van der Waals surface area contributed by atoms with Gasteiger partial charge in [0.05, 0.1) is 6.61 Å². The van der Waals surface area contributed by atoms with E-state index in [-0.39, 0.29) is 11.7 Å². The zero-order valence-electron chi connectivity index (χ0n) is 13.7. The van der Waals surface area contributed by atoms with Crippen LogP contribution in [0.4, 0.5) is 8.78 Å². The molecule has 4 nitrogen and oxygen atoms in total. The Labute approximate surface area is 145 Å². The summed E-state index contributed by atoms with van der Waals surface area (Å²) in [6, 6.07) is 13.5. The summed E-state index contributed by atoms with van der Waals surface area (Å²) in [5.74, 6) is 0.616. The first-order chi connectivity index (χ1) is 12.1. The molecule has 132 valence electrons. The number of rotatable bonds is 8. The summed E-state index contributed by atoms with van der Waals surface area (Å²) in [4.78, 5) is 11.8. The number of benzene rings is 2. The Balaban J connectivity index is 1.81. The second-order valence-corrected chi connectivity index (χ2v) is 5.08. The molecule has 0 bridgehead atoms. The van der Waals surface area contributed by atoms with Crippen LogP contribution < -0.4 is 14.8 Å². The molecule has 0 aliphatic heterocycles. The normalized spacial score (nSPS) is 10.9. The topological polar surface area (TPSA) is 47.6 Å². The van der Waals surface area contributed by atoms with Gasteiger partial charge in [-0.3, -0.25) is 4.79 Å². The molecule has 0 atom stereocenters. The van der Waals surface area contributed by atoms with Crippen LogP contribution in [-0.2, 0) is 11.3 Å². The number of halogens is 2. The van der Waals surface area contributed by atoms with Gasteiger partial charge in [-0.15, -0.1) is 0 Å². The maximum Gasteiger partial charge on any atom is 0.387 e. The lowest BCUT2D eigenvalue weighted by atomic mass is 10.2. The van der Waals surface area contributed by atoms with Crippen LogP contribution >= 0.6 is 0 Å². The molecular formula is C19H19F2NO3. The van der Waals surface area contributed by atoms with Crippen molar-refractivity contribution in [1.82, 2.24) is 5.32 Å². The molecule has 0 heterocycles. The lowest BCUT2D eigenvalue weighted by Gasteiger charge is -2.06. The Kier molecular flexibility index (Phi) is 6.95. The van der Waals surface area contributed by atoms with Crippen molar-refractivity contribution in [1.29, 1.82) is 0 Å². The fourth-order valence-corrected chi connectivity index (χ4v) is 2.05. The van der Waals surface area contributed by atoms with Gasteiger partial charge < -0.3 is 14.8 Å². The molecule has 6 heteroatoms. The van der Waals surface area contributed by atoms with E-state index in [9.17, 15) is 13.6 Å². The zero-order valence-corrected chi connectivity index (χ0v) is 13.7. The molecule has 25 heavy (non-hydrogen) atoms. The van der Waals surface area contributed by atoms with E-state index in [1.807, 2.05) is 31.2 Å². The van der Waals surface area contributed by atoms with Gasteiger partial charge in [0.15, 0.2) is 0 Å². The molecular weight excluding hydrogens is 328 g/mol. The van der Waals surface area contributed by atoms with Crippen molar-refractivity contribution in [3.8, 4) is 11.5 Å². The summed E-state index contributed by atoms with van der Waals surface area (Å²) in [5, 5.41) is 2.72. The highest BCUT2D eigenvalue weighted by Crippen LogP contribution is 2.15. The third-order valence-corrected chi connectivity index (χ3v) is 3.23. The van der Waals surface area contributed by atoms with Gasteiger partial charge in [0.1, 0.15) is 11.5 Å². The minimum Gasteiger partial charge on any atom is -0.494 e. The predicted octanol–water partition coefficient (Wildman–Crippen LogP) is 4.02. The second kappa shape index (κ2) is 9.42. The van der Waals surface area contributed by atoms with Crippen LogP contribution in [0.2, 0.25) is 0 Å². The van der Waals surface area contributed by atoms with Gasteiger partial charge in [-0.25, -0.2) is 0 Å². The van der Waals surface area contributed by atoms with E-state index in [4.69, 9.17) is 4.74 Å². The molecule has 0 saturated carbocycles. The number of hydrogen-bond acceptors (Lipinski definition) is 3. The van der Waals surface area contributed by atoms with Crippen LogP contribution in [0, 0.1) is 0 Å². The Bertz CT molecular complexity index is 698. The highest BCUT2D eigenvalue weighted by atomic mass is 19.3. The van der Waals surface area contributed by atoms with Gasteiger partial charge in [0.25, 0.3) is 0 Å². The molecule has 0 aromatic heterocycles. The Hall–Kier alpha value is -2.89. The van der Waals surface area contributed by atoms with Crippen molar-refractivity contribution >= 4 is 12.0 Å². The van der Waals surface area contributed by atoms with E-state index in [0.29, 0.717) is 13.2 Å². The van der Waals surface area contributed by atoms with Crippen LogP contribution in [-0.4, -0.2) is 19.1 Å². The van der Waals surface area contributed by atoms with E-state index >= 15 is 0 Å². The molecule has 0 fully saturated rings. The molecule has 2 rings (SSSR count). The van der Waals surface area contributed by atoms with E-state index < -0.39 is 6.61 Å². The third kappa shape index (κ3) is 6.63. The summed E-state index contributed by atoms with van der Waals surface area (Å²) < 4.78 is 33.7. The van der Waals surface area contributed by atoms with Gasteiger partial charge in [0.2, 0.25) is 5.91 Å². The summed E-state index contributed by atoms with van der Waals surface area (Å²) in [6.45, 7) is -0.0375. The van der Waals surface area contributed by atoms with E-state index in [1.165, 1.54) is 18.2 Å². The largest absolute Gasteiger partial charge is 0.494 e. The van der Waals surface area contributed by atoms with Crippen molar-refractivity contribution in [2.45, 2.75) is 20.1 Å². The first-order valence-corrected chi connectivity index (χ1v) is 7.79. The van der Waals surface area contributed by atoms with Crippen LogP contribution in [0.15, 0.2) is 54.6 Å². The highest BCUT2D eigenvalue weighted by Gasteiger charge is 2.04. The number of carbonyl (C=O) groups is 1. The average molecular weight is 347 g/mol. The lowest BCUT2D eigenvalue weighted by Crippen LogP contribution is -2.20. The van der Waals surface area contributed by atoms with E-state index in [1.54, 1.807) is 18.2 Å². The molecule has 2 aromatic rings. The quantitative estimate of drug-likeness (QED) is 0.734. The Morgan fingerprint density at radius 3 is 2.32 bits per heavy atom. The van der Waals surface area contributed by atoms with Crippen LogP contribution in [0.25, 0.3) is 6.08 Å². The molecule has 0 radical (unpaired) electrons. The molecule has 0 saturated heterocycles. The summed E-state index contributed by atoms with van der Waals surface area (Å²) >= 11 is 0. The monoisotopic (exact) mass is 347 g/mol. The van der Waals surface area contributed by atoms with Gasteiger partial charge in [0, 0.05) is 12.6 Å². The average Bonchev–Trinajstić information content (AvgIpc) is 2.60. The second-order valence-electron chi connectivity index (χ2n) is 5.08. The van der Waals surface area contributed by atoms with Gasteiger partial charge in [-0.05, 0) is 48.4 Å². The SMILES string of the molecule is CCOc1ccc(/C=C/C(=O)NCc2ccc(OC(F)F)cc2)cc1. The maximum atomic E-state index is 12.1. The van der Waals surface area contributed by atoms with Crippen molar-refractivity contribution in [3.05, 3.63) is 65.7 Å². The molecule has 0 aliphatic rings. The van der Waals surface area contributed by atoms with Crippen LogP contribution in [0.3, 0.4) is 0 Å². The van der Waals surface area contributed by atoms with Crippen LogP contribution in [0.5, 0.6) is 11.5 Å². The lowest BCUT2D eigenvalue weighted by molar-refractivity contribution is -0.116. The van der Waals surface area contributed by atoms with Crippen molar-refractivity contribution in [2.75, 3.05) is 6.61 Å². The number of hydrogen-bond donors (Lipinski definition) is 1. The molecule has 0 aliphatic carbocycles. The minimum atomic E-state index is -2.85. The zero-order chi connectivity index (χ0) is 18.1. The van der Waals surface area contributed by atoms with Crippen molar-refractivity contribution < 1.29 is 23.0 Å². The molecule has 0 unspecified atom stereocenters. The van der Waals surface area contributed by atoms with Crippen molar-refractivity contribution in [2.24, 2.45) is 0 Å². The Morgan fingerprint density at radius 2 is 1.72 bits per heavy atom. The maximum absolute atomic E-state index is 12.1. The number of amides is 1. The molecule has 1 N–H and O–H groups in total. The van der Waals surface area contributed by atoms with E-state index in [2.05, 4.69) is 10.1 Å². The standard InChI is InChI=1S/C19H19F2NO3/c1-2-24-16-8-3-14(4-9-16)7-12-18(23)22-13-15-5-10-17(11-6-15)25-19(20)21/h3-12,19H,2,13H2,1H3,(H,22,23)/b12-7+. The molecule has 1 amide bonds.